The van der Waals surface area contributed by atoms with Crippen molar-refractivity contribution in [2.24, 2.45) is 0 Å². The summed E-state index contributed by atoms with van der Waals surface area (Å²) in [5, 5.41) is 17.2. The van der Waals surface area contributed by atoms with Crippen molar-refractivity contribution in [2.75, 3.05) is 12.1 Å². The second-order valence-electron chi connectivity index (χ2n) is 3.99. The normalized spacial score (nSPS) is 12.2. The second kappa shape index (κ2) is 4.57. The number of amides is 1. The number of carboxylic acid groups (broad SMARTS) is 1. The quantitative estimate of drug-likeness (QED) is 0.772. The third kappa shape index (κ3) is 2.14. The van der Waals surface area contributed by atoms with Crippen LogP contribution in [0.25, 0.3) is 0 Å². The third-order valence-corrected chi connectivity index (χ3v) is 2.68. The fourth-order valence-electron chi connectivity index (χ4n) is 1.72. The first-order valence-electron chi connectivity index (χ1n) is 5.63. The Morgan fingerprint density at radius 2 is 2.05 bits per heavy atom. The molecule has 1 amide bonds. The van der Waals surface area contributed by atoms with Gasteiger partial charge in [-0.1, -0.05) is 0 Å². The Labute approximate surface area is 112 Å². The zero-order valence-electron chi connectivity index (χ0n) is 10.0. The van der Waals surface area contributed by atoms with E-state index in [1.165, 1.54) is 6.07 Å². The number of carboxylic acids is 1. The predicted octanol–water partition coefficient (Wildman–Crippen LogP) is 1.09. The Morgan fingerprint density at radius 1 is 1.25 bits per heavy atom. The number of aromatic nitrogens is 2. The standard InChI is InChI=1S/C12H9N3O5/c16-11(13-10-4-7(12(17)18)14-15-10)6-1-2-8-9(3-6)20-5-19-8/h1-4H,5H2,(H,17,18)(H2,13,14,15,16). The number of nitrogens with one attached hydrogen (secondary N) is 2. The number of hydrogen-bond acceptors (Lipinski definition) is 5. The number of ether oxygens (including phenoxy) is 2. The first-order valence-corrected chi connectivity index (χ1v) is 5.63. The van der Waals surface area contributed by atoms with Crippen molar-refractivity contribution >= 4 is 17.7 Å². The largest absolute Gasteiger partial charge is 0.477 e. The molecule has 2 heterocycles. The van der Waals surface area contributed by atoms with Crippen molar-refractivity contribution in [1.82, 2.24) is 10.2 Å². The number of aromatic amines is 1. The highest BCUT2D eigenvalue weighted by Gasteiger charge is 2.17. The predicted molar refractivity (Wildman–Crippen MR) is 66.1 cm³/mol. The van der Waals surface area contributed by atoms with Crippen molar-refractivity contribution in [3.63, 3.8) is 0 Å². The van der Waals surface area contributed by atoms with Gasteiger partial charge in [0.1, 0.15) is 5.69 Å². The van der Waals surface area contributed by atoms with Crippen LogP contribution in [-0.2, 0) is 0 Å². The average Bonchev–Trinajstić information content (AvgIpc) is 3.05. The van der Waals surface area contributed by atoms with Crippen molar-refractivity contribution in [1.29, 1.82) is 0 Å². The Bertz CT molecular complexity index is 694. The molecule has 1 aliphatic rings. The molecule has 0 saturated heterocycles. The van der Waals surface area contributed by atoms with E-state index in [-0.39, 0.29) is 18.3 Å². The molecule has 0 radical (unpaired) electrons. The maximum atomic E-state index is 12.0. The third-order valence-electron chi connectivity index (χ3n) is 2.68. The topological polar surface area (TPSA) is 114 Å². The molecule has 1 aromatic heterocycles. The van der Waals surface area contributed by atoms with Crippen molar-refractivity contribution in [2.45, 2.75) is 0 Å². The lowest BCUT2D eigenvalue weighted by Gasteiger charge is -2.02. The molecule has 2 aromatic rings. The summed E-state index contributed by atoms with van der Waals surface area (Å²) < 4.78 is 10.3. The van der Waals surface area contributed by atoms with Crippen molar-refractivity contribution < 1.29 is 24.2 Å². The summed E-state index contributed by atoms with van der Waals surface area (Å²) in [6.07, 6.45) is 0. The van der Waals surface area contributed by atoms with Gasteiger partial charge in [0, 0.05) is 11.6 Å². The molecule has 3 rings (SSSR count). The number of H-pyrrole nitrogens is 1. The van der Waals surface area contributed by atoms with Crippen molar-refractivity contribution in [3.8, 4) is 11.5 Å². The molecule has 0 atom stereocenters. The number of aromatic carboxylic acids is 1. The monoisotopic (exact) mass is 275 g/mol. The number of anilines is 1. The van der Waals surface area contributed by atoms with Gasteiger partial charge in [-0.2, -0.15) is 5.10 Å². The summed E-state index contributed by atoms with van der Waals surface area (Å²) in [5.74, 6) is -0.377. The van der Waals surface area contributed by atoms with E-state index in [4.69, 9.17) is 14.6 Å². The minimum absolute atomic E-state index is 0.106. The molecule has 8 heteroatoms. The van der Waals surface area contributed by atoms with Gasteiger partial charge >= 0.3 is 5.97 Å². The summed E-state index contributed by atoms with van der Waals surface area (Å²) in [6, 6.07) is 5.98. The van der Waals surface area contributed by atoms with E-state index in [2.05, 4.69) is 15.5 Å². The zero-order valence-corrected chi connectivity index (χ0v) is 10.0. The summed E-state index contributed by atoms with van der Waals surface area (Å²) in [5.41, 5.74) is 0.250. The molecule has 1 aromatic carbocycles. The summed E-state index contributed by atoms with van der Waals surface area (Å²) in [7, 11) is 0. The number of hydrogen-bond donors (Lipinski definition) is 3. The van der Waals surface area contributed by atoms with Crippen LogP contribution in [0.1, 0.15) is 20.8 Å². The van der Waals surface area contributed by atoms with Crippen LogP contribution in [0.2, 0.25) is 0 Å². The maximum Gasteiger partial charge on any atom is 0.353 e. The summed E-state index contributed by atoms with van der Waals surface area (Å²) in [4.78, 5) is 22.7. The van der Waals surface area contributed by atoms with Crippen LogP contribution >= 0.6 is 0 Å². The molecular formula is C12H9N3O5. The van der Waals surface area contributed by atoms with E-state index in [0.717, 1.165) is 0 Å². The first kappa shape index (κ1) is 12.0. The van der Waals surface area contributed by atoms with Gasteiger partial charge in [-0.15, -0.1) is 0 Å². The minimum atomic E-state index is -1.15. The minimum Gasteiger partial charge on any atom is -0.477 e. The number of nitrogens with zero attached hydrogens (tertiary/aromatic N) is 1. The molecule has 102 valence electrons. The van der Waals surface area contributed by atoms with E-state index in [9.17, 15) is 9.59 Å². The second-order valence-corrected chi connectivity index (χ2v) is 3.99. The Balaban J connectivity index is 1.77. The molecule has 0 bridgehead atoms. The van der Waals surface area contributed by atoms with Crippen molar-refractivity contribution in [3.05, 3.63) is 35.5 Å². The molecule has 0 spiro atoms. The molecule has 8 nitrogen and oxygen atoms in total. The average molecular weight is 275 g/mol. The lowest BCUT2D eigenvalue weighted by atomic mass is 10.2. The number of rotatable bonds is 3. The van der Waals surface area contributed by atoms with Crippen LogP contribution in [0.4, 0.5) is 5.82 Å². The number of carbonyl (C=O) groups excluding carboxylic acids is 1. The Kier molecular flexibility index (Phi) is 2.75. The van der Waals surface area contributed by atoms with Gasteiger partial charge in [-0.25, -0.2) is 4.79 Å². The SMILES string of the molecule is O=C(Nc1cc(C(=O)O)[nH]n1)c1ccc2c(c1)OCO2. The van der Waals surface area contributed by atoms with Crippen LogP contribution in [0.3, 0.4) is 0 Å². The highest BCUT2D eigenvalue weighted by atomic mass is 16.7. The smallest absolute Gasteiger partial charge is 0.353 e. The van der Waals surface area contributed by atoms with E-state index < -0.39 is 11.9 Å². The van der Waals surface area contributed by atoms with Gasteiger partial charge in [0.15, 0.2) is 17.3 Å². The van der Waals surface area contributed by atoms with Crippen LogP contribution in [0, 0.1) is 0 Å². The Hall–Kier alpha value is -3.03. The molecule has 20 heavy (non-hydrogen) atoms. The molecule has 3 N–H and O–H groups in total. The lowest BCUT2D eigenvalue weighted by Crippen LogP contribution is -2.12. The first-order chi connectivity index (χ1) is 9.63. The summed E-state index contributed by atoms with van der Waals surface area (Å²) >= 11 is 0. The van der Waals surface area contributed by atoms with Gasteiger partial charge in [-0.05, 0) is 18.2 Å². The zero-order chi connectivity index (χ0) is 14.1. The van der Waals surface area contributed by atoms with Crippen LogP contribution in [0.5, 0.6) is 11.5 Å². The molecule has 0 unspecified atom stereocenters. The van der Waals surface area contributed by atoms with Gasteiger partial charge in [0.25, 0.3) is 5.91 Å². The number of carbonyl (C=O) groups is 2. The fraction of sp³-hybridized carbons (Fsp3) is 0.0833. The molecule has 0 aliphatic carbocycles. The van der Waals surface area contributed by atoms with E-state index in [1.54, 1.807) is 18.2 Å². The van der Waals surface area contributed by atoms with E-state index in [1.807, 2.05) is 0 Å². The van der Waals surface area contributed by atoms with Crippen LogP contribution in [-0.4, -0.2) is 34.0 Å². The van der Waals surface area contributed by atoms with Gasteiger partial charge < -0.3 is 19.9 Å². The highest BCUT2D eigenvalue weighted by Crippen LogP contribution is 2.32. The Morgan fingerprint density at radius 3 is 2.80 bits per heavy atom. The van der Waals surface area contributed by atoms with Gasteiger partial charge in [0.2, 0.25) is 6.79 Å². The van der Waals surface area contributed by atoms with Crippen LogP contribution < -0.4 is 14.8 Å². The molecule has 1 aliphatic heterocycles. The van der Waals surface area contributed by atoms with Crippen LogP contribution in [0.15, 0.2) is 24.3 Å². The maximum absolute atomic E-state index is 12.0. The molecule has 0 saturated carbocycles. The van der Waals surface area contributed by atoms with Gasteiger partial charge in [0.05, 0.1) is 0 Å². The number of fused-ring (bicyclic) bond motifs is 1. The summed E-state index contributed by atoms with van der Waals surface area (Å²) in [6.45, 7) is 0.127. The molecule has 0 fully saturated rings. The highest BCUT2D eigenvalue weighted by molar-refractivity contribution is 6.04. The molecular weight excluding hydrogens is 266 g/mol. The van der Waals surface area contributed by atoms with E-state index in [0.29, 0.717) is 17.1 Å². The number of benzene rings is 1. The van der Waals surface area contributed by atoms with E-state index >= 15 is 0 Å². The fourth-order valence-corrected chi connectivity index (χ4v) is 1.72. The lowest BCUT2D eigenvalue weighted by molar-refractivity contribution is 0.0690. The van der Waals surface area contributed by atoms with Gasteiger partial charge in [-0.3, -0.25) is 9.89 Å².